The summed E-state index contributed by atoms with van der Waals surface area (Å²) >= 11 is 0. The van der Waals surface area contributed by atoms with E-state index in [0.29, 0.717) is 5.56 Å². The van der Waals surface area contributed by atoms with E-state index in [4.69, 9.17) is 5.73 Å². The van der Waals surface area contributed by atoms with Gasteiger partial charge in [0.25, 0.3) is 0 Å². The number of nitrogens with two attached hydrogens (primary N) is 1. The van der Waals surface area contributed by atoms with Crippen LogP contribution in [0, 0.1) is 0 Å². The minimum Gasteiger partial charge on any atom is -0.432 e. The van der Waals surface area contributed by atoms with E-state index in [-0.39, 0.29) is 17.0 Å². The molecule has 1 aromatic carbocycles. The van der Waals surface area contributed by atoms with Gasteiger partial charge in [0.15, 0.2) is 11.5 Å². The van der Waals surface area contributed by atoms with Crippen molar-refractivity contribution in [2.75, 3.05) is 5.73 Å². The Labute approximate surface area is 107 Å². The molecule has 0 aliphatic carbocycles. The van der Waals surface area contributed by atoms with E-state index in [0.717, 1.165) is 0 Å². The fraction of sp³-hybridized carbons (Fsp3) is 0.0769. The number of ether oxygens (including phenoxy) is 1. The van der Waals surface area contributed by atoms with Gasteiger partial charge in [-0.2, -0.15) is 8.78 Å². The molecule has 19 heavy (non-hydrogen) atoms. The smallest absolute Gasteiger partial charge is 0.387 e. The summed E-state index contributed by atoms with van der Waals surface area (Å²) in [7, 11) is 0. The molecule has 2 rings (SSSR count). The van der Waals surface area contributed by atoms with E-state index in [1.165, 1.54) is 42.7 Å². The van der Waals surface area contributed by atoms with Gasteiger partial charge in [-0.25, -0.2) is 0 Å². The Balaban J connectivity index is 2.45. The molecule has 0 aliphatic rings. The molecule has 0 unspecified atom stereocenters. The highest BCUT2D eigenvalue weighted by atomic mass is 19.3. The van der Waals surface area contributed by atoms with Crippen molar-refractivity contribution in [2.45, 2.75) is 6.61 Å². The molecule has 4 nitrogen and oxygen atoms in total. The molecule has 2 N–H and O–H groups in total. The second-order valence-corrected chi connectivity index (χ2v) is 3.67. The van der Waals surface area contributed by atoms with Crippen LogP contribution in [0.3, 0.4) is 0 Å². The molecular formula is C13H10F2N2O2. The van der Waals surface area contributed by atoms with Gasteiger partial charge in [-0.1, -0.05) is 6.07 Å². The van der Waals surface area contributed by atoms with E-state index in [9.17, 15) is 13.6 Å². The normalized spacial score (nSPS) is 10.5. The molecule has 0 saturated carbocycles. The van der Waals surface area contributed by atoms with Crippen LogP contribution in [0.4, 0.5) is 14.5 Å². The second-order valence-electron chi connectivity index (χ2n) is 3.67. The quantitative estimate of drug-likeness (QED) is 0.680. The minimum atomic E-state index is -3.05. The van der Waals surface area contributed by atoms with Crippen LogP contribution in [-0.4, -0.2) is 17.4 Å². The summed E-state index contributed by atoms with van der Waals surface area (Å²) in [5.74, 6) is -0.760. The first kappa shape index (κ1) is 12.9. The summed E-state index contributed by atoms with van der Waals surface area (Å²) in [5.41, 5.74) is 5.86. The van der Waals surface area contributed by atoms with Gasteiger partial charge in [0.1, 0.15) is 0 Å². The topological polar surface area (TPSA) is 65.2 Å². The molecule has 6 heteroatoms. The van der Waals surface area contributed by atoms with Crippen molar-refractivity contribution in [2.24, 2.45) is 0 Å². The van der Waals surface area contributed by atoms with Crippen LogP contribution in [0.1, 0.15) is 15.9 Å². The number of halogens is 2. The van der Waals surface area contributed by atoms with Crippen LogP contribution in [0.5, 0.6) is 5.75 Å². The average molecular weight is 264 g/mol. The third kappa shape index (κ3) is 2.85. The first-order valence-corrected chi connectivity index (χ1v) is 5.37. The third-order valence-corrected chi connectivity index (χ3v) is 2.44. The fourth-order valence-electron chi connectivity index (χ4n) is 1.61. The predicted octanol–water partition coefficient (Wildman–Crippen LogP) is 2.50. The van der Waals surface area contributed by atoms with Gasteiger partial charge in [-0.05, 0) is 24.3 Å². The number of aromatic nitrogens is 1. The number of nitrogens with zero attached hydrogens (tertiary/aromatic N) is 1. The van der Waals surface area contributed by atoms with E-state index in [1.54, 1.807) is 0 Å². The van der Waals surface area contributed by atoms with Crippen LogP contribution in [-0.2, 0) is 0 Å². The van der Waals surface area contributed by atoms with Crippen molar-refractivity contribution in [1.29, 1.82) is 0 Å². The zero-order chi connectivity index (χ0) is 13.8. The number of hydrogen-bond donors (Lipinski definition) is 1. The number of alkyl halides is 2. The first-order valence-electron chi connectivity index (χ1n) is 5.37. The number of pyridine rings is 1. The molecule has 0 atom stereocenters. The molecule has 0 radical (unpaired) electrons. The molecule has 0 spiro atoms. The third-order valence-electron chi connectivity index (χ3n) is 2.44. The molecule has 1 aromatic heterocycles. The Morgan fingerprint density at radius 2 is 1.89 bits per heavy atom. The fourth-order valence-corrected chi connectivity index (χ4v) is 1.61. The number of ketones is 1. The van der Waals surface area contributed by atoms with Gasteiger partial charge in [0.05, 0.1) is 11.3 Å². The predicted molar refractivity (Wildman–Crippen MR) is 65.2 cm³/mol. The Hall–Kier alpha value is -2.50. The number of carbonyl (C=O) groups excluding carboxylic acids is 1. The Kier molecular flexibility index (Phi) is 3.70. The maximum Gasteiger partial charge on any atom is 0.387 e. The first-order chi connectivity index (χ1) is 9.09. The molecule has 0 bridgehead atoms. The molecule has 98 valence electrons. The van der Waals surface area contributed by atoms with E-state index in [1.807, 2.05) is 0 Å². The zero-order valence-electron chi connectivity index (χ0n) is 9.72. The molecular weight excluding hydrogens is 254 g/mol. The van der Waals surface area contributed by atoms with E-state index < -0.39 is 12.4 Å². The van der Waals surface area contributed by atoms with Gasteiger partial charge in [-0.3, -0.25) is 9.78 Å². The lowest BCUT2D eigenvalue weighted by molar-refractivity contribution is -0.0496. The molecule has 1 heterocycles. The molecule has 0 aliphatic heterocycles. The number of carbonyl (C=O) groups is 1. The number of anilines is 1. The standard InChI is InChI=1S/C13H10F2N2O2/c14-13(15)19-12-9(2-1-3-10(12)16)11(18)8-4-6-17-7-5-8/h1-7,13H,16H2. The van der Waals surface area contributed by atoms with E-state index in [2.05, 4.69) is 9.72 Å². The number of hydrogen-bond acceptors (Lipinski definition) is 4. The molecule has 0 saturated heterocycles. The highest BCUT2D eigenvalue weighted by Gasteiger charge is 2.19. The van der Waals surface area contributed by atoms with Crippen LogP contribution < -0.4 is 10.5 Å². The lowest BCUT2D eigenvalue weighted by atomic mass is 10.0. The van der Waals surface area contributed by atoms with Crippen molar-refractivity contribution >= 4 is 11.5 Å². The summed E-state index contributed by atoms with van der Waals surface area (Å²) in [4.78, 5) is 16.0. The number of para-hydroxylation sites is 1. The zero-order valence-corrected chi connectivity index (χ0v) is 9.72. The van der Waals surface area contributed by atoms with Gasteiger partial charge < -0.3 is 10.5 Å². The molecule has 0 fully saturated rings. The van der Waals surface area contributed by atoms with Crippen LogP contribution in [0.25, 0.3) is 0 Å². The average Bonchev–Trinajstić information content (AvgIpc) is 2.41. The summed E-state index contributed by atoms with van der Waals surface area (Å²) in [6.07, 6.45) is 2.88. The van der Waals surface area contributed by atoms with Gasteiger partial charge in [-0.15, -0.1) is 0 Å². The van der Waals surface area contributed by atoms with Gasteiger partial charge in [0.2, 0.25) is 0 Å². The second kappa shape index (κ2) is 5.43. The maximum absolute atomic E-state index is 12.3. The van der Waals surface area contributed by atoms with Gasteiger partial charge in [0, 0.05) is 18.0 Å². The van der Waals surface area contributed by atoms with Crippen molar-refractivity contribution in [3.05, 3.63) is 53.9 Å². The summed E-state index contributed by atoms with van der Waals surface area (Å²) in [5, 5.41) is 0. The van der Waals surface area contributed by atoms with Crippen molar-refractivity contribution in [3.63, 3.8) is 0 Å². The summed E-state index contributed by atoms with van der Waals surface area (Å²) in [6, 6.07) is 7.25. The van der Waals surface area contributed by atoms with Gasteiger partial charge >= 0.3 is 6.61 Å². The summed E-state index contributed by atoms with van der Waals surface area (Å²) < 4.78 is 29.0. The van der Waals surface area contributed by atoms with Crippen LogP contribution in [0.2, 0.25) is 0 Å². The maximum atomic E-state index is 12.3. The number of benzene rings is 1. The number of rotatable bonds is 4. The Morgan fingerprint density at radius 1 is 1.21 bits per heavy atom. The SMILES string of the molecule is Nc1cccc(C(=O)c2ccncc2)c1OC(F)F. The largest absolute Gasteiger partial charge is 0.432 e. The Bertz CT molecular complexity index is 588. The van der Waals surface area contributed by atoms with Crippen LogP contribution in [0.15, 0.2) is 42.7 Å². The van der Waals surface area contributed by atoms with E-state index >= 15 is 0 Å². The highest BCUT2D eigenvalue weighted by molar-refractivity contribution is 6.11. The van der Waals surface area contributed by atoms with Crippen LogP contribution >= 0.6 is 0 Å². The summed E-state index contributed by atoms with van der Waals surface area (Å²) in [6.45, 7) is -3.05. The number of nitrogen functional groups attached to an aromatic ring is 1. The minimum absolute atomic E-state index is 0.00787. The van der Waals surface area contributed by atoms with Crippen molar-refractivity contribution < 1.29 is 18.3 Å². The molecule has 0 amide bonds. The lowest BCUT2D eigenvalue weighted by Crippen LogP contribution is -2.11. The van der Waals surface area contributed by atoms with Crippen molar-refractivity contribution in [1.82, 2.24) is 4.98 Å². The van der Waals surface area contributed by atoms with Crippen molar-refractivity contribution in [3.8, 4) is 5.75 Å². The highest BCUT2D eigenvalue weighted by Crippen LogP contribution is 2.29. The molecule has 2 aromatic rings. The Morgan fingerprint density at radius 3 is 2.53 bits per heavy atom. The lowest BCUT2D eigenvalue weighted by Gasteiger charge is -2.12. The monoisotopic (exact) mass is 264 g/mol.